The fraction of sp³-hybridized carbons (Fsp3) is 0.632. The molecule has 1 saturated carbocycles. The Morgan fingerprint density at radius 2 is 1.95 bits per heavy atom. The number of amides is 1. The highest BCUT2D eigenvalue weighted by atomic mass is 16.2. The number of hydrogen-bond acceptors (Lipinski definition) is 2. The van der Waals surface area contributed by atoms with E-state index in [4.69, 9.17) is 0 Å². The van der Waals surface area contributed by atoms with Crippen LogP contribution in [-0.4, -0.2) is 25.5 Å². The fourth-order valence-electron chi connectivity index (χ4n) is 4.11. The molecule has 3 heteroatoms. The first kappa shape index (κ1) is 15.5. The fourth-order valence-corrected chi connectivity index (χ4v) is 4.11. The Morgan fingerprint density at radius 3 is 2.64 bits per heavy atom. The molecule has 2 aliphatic rings. The smallest absolute Gasteiger partial charge is 0.230 e. The number of hydrogen-bond donors (Lipinski definition) is 2. The van der Waals surface area contributed by atoms with E-state index in [0.29, 0.717) is 0 Å². The van der Waals surface area contributed by atoms with Gasteiger partial charge in [0.05, 0.1) is 5.41 Å². The van der Waals surface area contributed by atoms with Crippen molar-refractivity contribution in [3.05, 3.63) is 35.9 Å². The van der Waals surface area contributed by atoms with Crippen molar-refractivity contribution in [2.75, 3.05) is 19.6 Å². The van der Waals surface area contributed by atoms with E-state index >= 15 is 0 Å². The summed E-state index contributed by atoms with van der Waals surface area (Å²) in [7, 11) is 0. The quantitative estimate of drug-likeness (QED) is 0.877. The van der Waals surface area contributed by atoms with Crippen LogP contribution in [0.2, 0.25) is 0 Å². The van der Waals surface area contributed by atoms with Crippen molar-refractivity contribution in [1.29, 1.82) is 0 Å². The third-order valence-corrected chi connectivity index (χ3v) is 5.46. The maximum atomic E-state index is 12.9. The average Bonchev–Trinajstić information content (AvgIpc) is 3.08. The summed E-state index contributed by atoms with van der Waals surface area (Å²) in [6.07, 6.45) is 7.98. The Bertz CT molecular complexity index is 473. The van der Waals surface area contributed by atoms with Crippen LogP contribution in [0.3, 0.4) is 0 Å². The summed E-state index contributed by atoms with van der Waals surface area (Å²) in [5.41, 5.74) is 0.927. The summed E-state index contributed by atoms with van der Waals surface area (Å²) in [5, 5.41) is 6.69. The van der Waals surface area contributed by atoms with Gasteiger partial charge in [0, 0.05) is 6.54 Å². The standard InChI is InChI=1S/C19H28N2O/c22-18(21-14-10-16-7-6-13-20-15-16)19(11-4-5-12-19)17-8-2-1-3-9-17/h1-3,8-9,16,20H,4-7,10-15H2,(H,21,22). The van der Waals surface area contributed by atoms with Gasteiger partial charge in [-0.25, -0.2) is 0 Å². The highest BCUT2D eigenvalue weighted by molar-refractivity contribution is 5.88. The highest BCUT2D eigenvalue weighted by Gasteiger charge is 2.42. The van der Waals surface area contributed by atoms with Crippen LogP contribution in [0.5, 0.6) is 0 Å². The van der Waals surface area contributed by atoms with E-state index < -0.39 is 0 Å². The van der Waals surface area contributed by atoms with Gasteiger partial charge in [-0.2, -0.15) is 0 Å². The monoisotopic (exact) mass is 300 g/mol. The average molecular weight is 300 g/mol. The van der Waals surface area contributed by atoms with E-state index in [0.717, 1.165) is 57.7 Å². The Balaban J connectivity index is 1.59. The summed E-state index contributed by atoms with van der Waals surface area (Å²) in [4.78, 5) is 12.9. The van der Waals surface area contributed by atoms with Gasteiger partial charge in [-0.15, -0.1) is 0 Å². The number of piperidine rings is 1. The Hall–Kier alpha value is -1.35. The lowest BCUT2D eigenvalue weighted by Gasteiger charge is -2.29. The molecule has 0 bridgehead atoms. The molecule has 1 aromatic rings. The van der Waals surface area contributed by atoms with Crippen molar-refractivity contribution in [1.82, 2.24) is 10.6 Å². The third kappa shape index (κ3) is 3.35. The predicted octanol–water partition coefficient (Wildman–Crippen LogP) is 3.00. The molecule has 1 aliphatic heterocycles. The van der Waals surface area contributed by atoms with Crippen molar-refractivity contribution in [2.45, 2.75) is 50.4 Å². The van der Waals surface area contributed by atoms with Crippen molar-refractivity contribution in [3.8, 4) is 0 Å². The molecule has 120 valence electrons. The molecule has 1 atom stereocenters. The van der Waals surface area contributed by atoms with Crippen molar-refractivity contribution < 1.29 is 4.79 Å². The third-order valence-electron chi connectivity index (χ3n) is 5.46. The molecule has 0 spiro atoms. The molecule has 22 heavy (non-hydrogen) atoms. The van der Waals surface area contributed by atoms with E-state index in [-0.39, 0.29) is 11.3 Å². The largest absolute Gasteiger partial charge is 0.355 e. The van der Waals surface area contributed by atoms with Crippen LogP contribution in [0, 0.1) is 5.92 Å². The maximum absolute atomic E-state index is 12.9. The van der Waals surface area contributed by atoms with Gasteiger partial charge in [0.2, 0.25) is 5.91 Å². The summed E-state index contributed by atoms with van der Waals surface area (Å²) in [6, 6.07) is 10.4. The second-order valence-electron chi connectivity index (χ2n) is 6.91. The van der Waals surface area contributed by atoms with E-state index in [9.17, 15) is 4.79 Å². The Morgan fingerprint density at radius 1 is 1.18 bits per heavy atom. The second-order valence-corrected chi connectivity index (χ2v) is 6.91. The number of carbonyl (C=O) groups is 1. The SMILES string of the molecule is O=C(NCCC1CCCNC1)C1(c2ccccc2)CCCC1. The first-order chi connectivity index (χ1) is 10.8. The minimum Gasteiger partial charge on any atom is -0.355 e. The number of benzene rings is 1. The zero-order chi connectivity index (χ0) is 15.3. The van der Waals surface area contributed by atoms with Crippen LogP contribution in [0.15, 0.2) is 30.3 Å². The van der Waals surface area contributed by atoms with Gasteiger partial charge in [-0.05, 0) is 56.7 Å². The number of nitrogens with one attached hydrogen (secondary N) is 2. The molecule has 3 rings (SSSR count). The van der Waals surface area contributed by atoms with Gasteiger partial charge in [-0.1, -0.05) is 43.2 Å². The van der Waals surface area contributed by atoms with Gasteiger partial charge in [0.25, 0.3) is 0 Å². The molecule has 3 nitrogen and oxygen atoms in total. The first-order valence-electron chi connectivity index (χ1n) is 8.86. The van der Waals surface area contributed by atoms with Gasteiger partial charge < -0.3 is 10.6 Å². The lowest BCUT2D eigenvalue weighted by atomic mass is 9.78. The van der Waals surface area contributed by atoms with E-state index in [1.54, 1.807) is 0 Å². The van der Waals surface area contributed by atoms with Crippen molar-refractivity contribution in [3.63, 3.8) is 0 Å². The number of rotatable bonds is 5. The predicted molar refractivity (Wildman–Crippen MR) is 89.8 cm³/mol. The minimum absolute atomic E-state index is 0.250. The highest BCUT2D eigenvalue weighted by Crippen LogP contribution is 2.41. The van der Waals surface area contributed by atoms with E-state index in [2.05, 4.69) is 34.9 Å². The molecule has 1 unspecified atom stereocenters. The van der Waals surface area contributed by atoms with Crippen LogP contribution in [0.25, 0.3) is 0 Å². The lowest BCUT2D eigenvalue weighted by molar-refractivity contribution is -0.126. The topological polar surface area (TPSA) is 41.1 Å². The lowest BCUT2D eigenvalue weighted by Crippen LogP contribution is -2.43. The zero-order valence-corrected chi connectivity index (χ0v) is 13.4. The van der Waals surface area contributed by atoms with E-state index in [1.807, 2.05) is 6.07 Å². The Labute approximate surface area is 133 Å². The summed E-state index contributed by atoms with van der Waals surface area (Å²) in [5.74, 6) is 0.977. The van der Waals surface area contributed by atoms with Crippen LogP contribution < -0.4 is 10.6 Å². The van der Waals surface area contributed by atoms with Gasteiger partial charge >= 0.3 is 0 Å². The molecule has 0 radical (unpaired) electrons. The molecule has 0 aromatic heterocycles. The maximum Gasteiger partial charge on any atom is 0.230 e. The molecular weight excluding hydrogens is 272 g/mol. The first-order valence-corrected chi connectivity index (χ1v) is 8.86. The summed E-state index contributed by atoms with van der Waals surface area (Å²) in [6.45, 7) is 3.08. The Kier molecular flexibility index (Phi) is 5.14. The number of carbonyl (C=O) groups excluding carboxylic acids is 1. The van der Waals surface area contributed by atoms with Crippen LogP contribution in [0.1, 0.15) is 50.5 Å². The van der Waals surface area contributed by atoms with E-state index in [1.165, 1.54) is 18.4 Å². The molecule has 1 aliphatic carbocycles. The van der Waals surface area contributed by atoms with Crippen LogP contribution in [0.4, 0.5) is 0 Å². The summed E-state index contributed by atoms with van der Waals surface area (Å²) < 4.78 is 0. The van der Waals surface area contributed by atoms with Gasteiger partial charge in [-0.3, -0.25) is 4.79 Å². The molecule has 1 amide bonds. The van der Waals surface area contributed by atoms with Crippen molar-refractivity contribution >= 4 is 5.91 Å². The second kappa shape index (κ2) is 7.28. The molecule has 1 heterocycles. The molecule has 1 saturated heterocycles. The molecule has 2 N–H and O–H groups in total. The van der Waals surface area contributed by atoms with Crippen LogP contribution >= 0.6 is 0 Å². The van der Waals surface area contributed by atoms with Crippen molar-refractivity contribution in [2.24, 2.45) is 5.92 Å². The molecule has 2 fully saturated rings. The van der Waals surface area contributed by atoms with Crippen LogP contribution in [-0.2, 0) is 10.2 Å². The normalized spacial score (nSPS) is 24.1. The van der Waals surface area contributed by atoms with Gasteiger partial charge in [0.15, 0.2) is 0 Å². The van der Waals surface area contributed by atoms with Gasteiger partial charge in [0.1, 0.15) is 0 Å². The minimum atomic E-state index is -0.272. The zero-order valence-electron chi connectivity index (χ0n) is 13.4. The summed E-state index contributed by atoms with van der Waals surface area (Å²) >= 11 is 0. The molecular formula is C19H28N2O. The molecule has 1 aromatic carbocycles.